The van der Waals surface area contributed by atoms with Gasteiger partial charge in [-0.15, -0.1) is 5.10 Å². The van der Waals surface area contributed by atoms with Gasteiger partial charge in [0.25, 0.3) is 18.2 Å². The SMILES string of the molecule is CC(=O)NC(C)(C(F)F)[C@H](NC(=O)c1ccc(C#CC#Cc2c[nH]nn2)cc1)C(=O)NO. The number of amides is 3. The van der Waals surface area contributed by atoms with Crippen LogP contribution in [0.15, 0.2) is 30.5 Å². The van der Waals surface area contributed by atoms with Crippen molar-refractivity contribution in [3.05, 3.63) is 47.3 Å². The molecular formula is C20H18F2N6O4. The third-order valence-electron chi connectivity index (χ3n) is 4.17. The fourth-order valence-corrected chi connectivity index (χ4v) is 2.57. The topological polar surface area (TPSA) is 149 Å². The highest BCUT2D eigenvalue weighted by atomic mass is 19.3. The fraction of sp³-hybridized carbons (Fsp3) is 0.250. The van der Waals surface area contributed by atoms with E-state index in [0.717, 1.165) is 13.8 Å². The second kappa shape index (κ2) is 10.7. The van der Waals surface area contributed by atoms with Gasteiger partial charge >= 0.3 is 0 Å². The number of alkyl halides is 2. The Balaban J connectivity index is 2.18. The molecule has 0 saturated carbocycles. The molecule has 1 unspecified atom stereocenters. The summed E-state index contributed by atoms with van der Waals surface area (Å²) in [6.07, 6.45) is -1.75. The summed E-state index contributed by atoms with van der Waals surface area (Å²) in [7, 11) is 0. The molecule has 0 saturated heterocycles. The van der Waals surface area contributed by atoms with Gasteiger partial charge in [0.15, 0.2) is 5.69 Å². The molecule has 0 fully saturated rings. The number of benzene rings is 1. The molecular weight excluding hydrogens is 426 g/mol. The van der Waals surface area contributed by atoms with Gasteiger partial charge in [0.2, 0.25) is 5.91 Å². The summed E-state index contributed by atoms with van der Waals surface area (Å²) in [4.78, 5) is 35.9. The van der Waals surface area contributed by atoms with Crippen molar-refractivity contribution in [2.24, 2.45) is 0 Å². The van der Waals surface area contributed by atoms with E-state index in [2.05, 4.69) is 44.4 Å². The highest BCUT2D eigenvalue weighted by Gasteiger charge is 2.48. The minimum Gasteiger partial charge on any atom is -0.343 e. The molecule has 2 rings (SSSR count). The summed E-state index contributed by atoms with van der Waals surface area (Å²) < 4.78 is 27.3. The zero-order valence-corrected chi connectivity index (χ0v) is 16.9. The van der Waals surface area contributed by atoms with Crippen molar-refractivity contribution in [1.29, 1.82) is 0 Å². The van der Waals surface area contributed by atoms with Crippen molar-refractivity contribution >= 4 is 17.7 Å². The zero-order chi connectivity index (χ0) is 23.7. The largest absolute Gasteiger partial charge is 0.343 e. The Kier molecular flexibility index (Phi) is 7.98. The molecule has 0 spiro atoms. The molecule has 0 aliphatic carbocycles. The third kappa shape index (κ3) is 6.10. The van der Waals surface area contributed by atoms with E-state index in [1.165, 1.54) is 35.9 Å². The Hall–Kier alpha value is -4.29. The molecule has 166 valence electrons. The maximum atomic E-state index is 13.7. The molecule has 1 aromatic carbocycles. The van der Waals surface area contributed by atoms with Gasteiger partial charge in [-0.1, -0.05) is 11.1 Å². The molecule has 32 heavy (non-hydrogen) atoms. The second-order valence-electron chi connectivity index (χ2n) is 6.58. The molecule has 1 aromatic heterocycles. The molecule has 0 bridgehead atoms. The van der Waals surface area contributed by atoms with Crippen LogP contribution in [-0.2, 0) is 9.59 Å². The van der Waals surface area contributed by atoms with E-state index < -0.39 is 35.7 Å². The summed E-state index contributed by atoms with van der Waals surface area (Å²) >= 11 is 0. The number of carbonyl (C=O) groups excluding carboxylic acids is 3. The molecule has 12 heteroatoms. The summed E-state index contributed by atoms with van der Waals surface area (Å²) in [5.74, 6) is 7.50. The molecule has 3 amide bonds. The fourth-order valence-electron chi connectivity index (χ4n) is 2.57. The van der Waals surface area contributed by atoms with Crippen LogP contribution in [0.3, 0.4) is 0 Å². The average Bonchev–Trinajstić information content (AvgIpc) is 3.27. The minimum atomic E-state index is -3.25. The number of aromatic amines is 1. The van der Waals surface area contributed by atoms with Crippen molar-refractivity contribution in [1.82, 2.24) is 31.5 Å². The molecule has 2 atom stereocenters. The van der Waals surface area contributed by atoms with E-state index in [1.54, 1.807) is 0 Å². The van der Waals surface area contributed by atoms with Gasteiger partial charge in [-0.05, 0) is 49.0 Å². The van der Waals surface area contributed by atoms with Crippen LogP contribution in [0.25, 0.3) is 0 Å². The number of rotatable bonds is 6. The smallest absolute Gasteiger partial charge is 0.268 e. The molecule has 0 aliphatic heterocycles. The Morgan fingerprint density at radius 1 is 1.16 bits per heavy atom. The first-order valence-corrected chi connectivity index (χ1v) is 8.97. The number of halogens is 2. The van der Waals surface area contributed by atoms with Gasteiger partial charge in [-0.3, -0.25) is 24.7 Å². The Morgan fingerprint density at radius 2 is 1.81 bits per heavy atom. The van der Waals surface area contributed by atoms with Gasteiger partial charge in [0.05, 0.1) is 6.20 Å². The monoisotopic (exact) mass is 444 g/mol. The van der Waals surface area contributed by atoms with Gasteiger partial charge in [0.1, 0.15) is 11.6 Å². The van der Waals surface area contributed by atoms with E-state index >= 15 is 0 Å². The van der Waals surface area contributed by atoms with Crippen LogP contribution < -0.4 is 16.1 Å². The first-order chi connectivity index (χ1) is 15.2. The van der Waals surface area contributed by atoms with Crippen LogP contribution in [0.5, 0.6) is 0 Å². The van der Waals surface area contributed by atoms with Crippen molar-refractivity contribution < 1.29 is 28.4 Å². The van der Waals surface area contributed by atoms with E-state index in [1.807, 2.05) is 5.32 Å². The Bertz CT molecular complexity index is 1100. The highest BCUT2D eigenvalue weighted by molar-refractivity contribution is 5.98. The number of carbonyl (C=O) groups is 3. The van der Waals surface area contributed by atoms with Crippen LogP contribution >= 0.6 is 0 Å². The molecule has 5 N–H and O–H groups in total. The molecule has 0 radical (unpaired) electrons. The van der Waals surface area contributed by atoms with Gasteiger partial charge in [-0.25, -0.2) is 14.3 Å². The maximum Gasteiger partial charge on any atom is 0.268 e. The number of nitrogens with zero attached hydrogens (tertiary/aromatic N) is 2. The minimum absolute atomic E-state index is 0.0272. The first kappa shape index (κ1) is 24.0. The Morgan fingerprint density at radius 3 is 2.34 bits per heavy atom. The molecule has 10 nitrogen and oxygen atoms in total. The molecule has 2 aromatic rings. The van der Waals surface area contributed by atoms with Gasteiger partial charge < -0.3 is 10.6 Å². The summed E-state index contributed by atoms with van der Waals surface area (Å²) in [6, 6.07) is 3.71. The third-order valence-corrected chi connectivity index (χ3v) is 4.17. The van der Waals surface area contributed by atoms with Gasteiger partial charge in [0, 0.05) is 18.1 Å². The zero-order valence-electron chi connectivity index (χ0n) is 16.9. The number of hydroxylamine groups is 1. The molecule has 0 aliphatic rings. The van der Waals surface area contributed by atoms with Crippen molar-refractivity contribution in [2.45, 2.75) is 31.9 Å². The lowest BCUT2D eigenvalue weighted by Gasteiger charge is -2.36. The van der Waals surface area contributed by atoms with Crippen LogP contribution in [-0.4, -0.2) is 56.3 Å². The summed E-state index contributed by atoms with van der Waals surface area (Å²) in [6.45, 7) is 1.85. The maximum absolute atomic E-state index is 13.7. The number of nitrogens with one attached hydrogen (secondary N) is 4. The lowest BCUT2D eigenvalue weighted by atomic mass is 9.91. The van der Waals surface area contributed by atoms with E-state index in [9.17, 15) is 23.2 Å². The van der Waals surface area contributed by atoms with Crippen molar-refractivity contribution in [3.8, 4) is 23.7 Å². The predicted molar refractivity (Wildman–Crippen MR) is 106 cm³/mol. The predicted octanol–water partition coefficient (Wildman–Crippen LogP) is -0.0284. The second-order valence-corrected chi connectivity index (χ2v) is 6.58. The van der Waals surface area contributed by atoms with Crippen LogP contribution in [0.2, 0.25) is 0 Å². The van der Waals surface area contributed by atoms with Crippen LogP contribution in [0.4, 0.5) is 8.78 Å². The lowest BCUT2D eigenvalue weighted by Crippen LogP contribution is -2.68. The summed E-state index contributed by atoms with van der Waals surface area (Å²) in [5.41, 5.74) is -0.303. The first-order valence-electron chi connectivity index (χ1n) is 8.97. The number of hydrogen-bond donors (Lipinski definition) is 5. The lowest BCUT2D eigenvalue weighted by molar-refractivity contribution is -0.137. The number of H-pyrrole nitrogens is 1. The van der Waals surface area contributed by atoms with Crippen LogP contribution in [0, 0.1) is 23.7 Å². The normalized spacial score (nSPS) is 12.8. The summed E-state index contributed by atoms with van der Waals surface area (Å²) in [5, 5.41) is 22.7. The van der Waals surface area contributed by atoms with Crippen molar-refractivity contribution in [3.63, 3.8) is 0 Å². The quantitative estimate of drug-likeness (QED) is 0.240. The highest BCUT2D eigenvalue weighted by Crippen LogP contribution is 2.21. The molecule has 1 heterocycles. The number of aromatic nitrogens is 3. The van der Waals surface area contributed by atoms with Gasteiger partial charge in [-0.2, -0.15) is 0 Å². The average molecular weight is 444 g/mol. The number of hydrogen-bond acceptors (Lipinski definition) is 6. The van der Waals surface area contributed by atoms with Crippen LogP contribution in [0.1, 0.15) is 35.5 Å². The standard InChI is InChI=1S/C20H18F2N6O4/c1-12(29)25-20(2,19(21)22)16(18(31)27-32)24-17(30)14-9-7-13(8-10-14)5-3-4-6-15-11-23-28-26-15/h7-11,16,19,32H,1-2H3,(H,24,30)(H,25,29)(H,27,31)(H,23,26,28)/t16-,20?/m1/s1. The van der Waals surface area contributed by atoms with E-state index in [4.69, 9.17) is 5.21 Å². The Labute approximate surface area is 181 Å². The van der Waals surface area contributed by atoms with E-state index in [-0.39, 0.29) is 5.56 Å². The van der Waals surface area contributed by atoms with Crippen molar-refractivity contribution in [2.75, 3.05) is 0 Å². The van der Waals surface area contributed by atoms with E-state index in [0.29, 0.717) is 11.3 Å².